The van der Waals surface area contributed by atoms with Crippen LogP contribution in [0.15, 0.2) is 12.2 Å². The van der Waals surface area contributed by atoms with Gasteiger partial charge in [-0.25, -0.2) is 0 Å². The van der Waals surface area contributed by atoms with E-state index < -0.39 is 0 Å². The topological polar surface area (TPSA) is 37.4 Å². The molecule has 0 N–H and O–H groups in total. The van der Waals surface area contributed by atoms with E-state index in [0.29, 0.717) is 12.5 Å². The van der Waals surface area contributed by atoms with Gasteiger partial charge in [0.05, 0.1) is 0 Å². The molecule has 1 aliphatic heterocycles. The van der Waals surface area contributed by atoms with E-state index in [9.17, 15) is 9.59 Å². The van der Waals surface area contributed by atoms with Crippen molar-refractivity contribution >= 4 is 11.8 Å². The molecular formula is C13H19NO2. The van der Waals surface area contributed by atoms with Gasteiger partial charge in [0.25, 0.3) is 11.8 Å². The molecule has 2 rings (SSSR count). The maximum atomic E-state index is 11.3. The quantitative estimate of drug-likeness (QED) is 0.685. The van der Waals surface area contributed by atoms with E-state index in [2.05, 4.69) is 6.92 Å². The first kappa shape index (κ1) is 11.4. The van der Waals surface area contributed by atoms with Crippen molar-refractivity contribution in [2.45, 2.75) is 39.0 Å². The number of carbonyl (C=O) groups excluding carboxylic acids is 2. The van der Waals surface area contributed by atoms with Gasteiger partial charge in [-0.15, -0.1) is 0 Å². The van der Waals surface area contributed by atoms with Gasteiger partial charge < -0.3 is 0 Å². The molecular weight excluding hydrogens is 202 g/mol. The minimum absolute atomic E-state index is 0.145. The number of hydrogen-bond acceptors (Lipinski definition) is 2. The van der Waals surface area contributed by atoms with Crippen LogP contribution in [0.2, 0.25) is 0 Å². The fourth-order valence-electron chi connectivity index (χ4n) is 2.79. The van der Waals surface area contributed by atoms with Crippen molar-refractivity contribution in [3.8, 4) is 0 Å². The monoisotopic (exact) mass is 221 g/mol. The van der Waals surface area contributed by atoms with Crippen LogP contribution in [-0.4, -0.2) is 23.3 Å². The Labute approximate surface area is 96.5 Å². The molecule has 1 saturated carbocycles. The second kappa shape index (κ2) is 4.81. The summed E-state index contributed by atoms with van der Waals surface area (Å²) in [6.45, 7) is 2.89. The Morgan fingerprint density at radius 2 is 1.94 bits per heavy atom. The highest BCUT2D eigenvalue weighted by molar-refractivity contribution is 6.12. The summed E-state index contributed by atoms with van der Waals surface area (Å²) >= 11 is 0. The summed E-state index contributed by atoms with van der Waals surface area (Å²) < 4.78 is 0. The van der Waals surface area contributed by atoms with Gasteiger partial charge in [0, 0.05) is 18.7 Å². The number of hydrogen-bond donors (Lipinski definition) is 0. The Morgan fingerprint density at radius 1 is 1.25 bits per heavy atom. The lowest BCUT2D eigenvalue weighted by Crippen LogP contribution is -2.32. The molecule has 3 heteroatoms. The largest absolute Gasteiger partial charge is 0.275 e. The minimum Gasteiger partial charge on any atom is -0.275 e. The summed E-state index contributed by atoms with van der Waals surface area (Å²) in [5, 5.41) is 0. The summed E-state index contributed by atoms with van der Waals surface area (Å²) in [6.07, 6.45) is 8.85. The van der Waals surface area contributed by atoms with Crippen LogP contribution in [0, 0.1) is 11.8 Å². The average molecular weight is 221 g/mol. The Hall–Kier alpha value is -1.12. The summed E-state index contributed by atoms with van der Waals surface area (Å²) in [7, 11) is 0. The highest BCUT2D eigenvalue weighted by Gasteiger charge is 2.25. The molecule has 88 valence electrons. The van der Waals surface area contributed by atoms with E-state index in [1.165, 1.54) is 42.7 Å². The van der Waals surface area contributed by atoms with E-state index in [-0.39, 0.29) is 11.8 Å². The molecule has 0 bridgehead atoms. The summed E-state index contributed by atoms with van der Waals surface area (Å²) in [5.74, 6) is 1.22. The van der Waals surface area contributed by atoms with Crippen LogP contribution in [0.4, 0.5) is 0 Å². The molecule has 0 saturated heterocycles. The third-order valence-corrected chi connectivity index (χ3v) is 3.71. The van der Waals surface area contributed by atoms with Gasteiger partial charge in [-0.1, -0.05) is 26.2 Å². The second-order valence-electron chi connectivity index (χ2n) is 5.09. The zero-order chi connectivity index (χ0) is 11.5. The standard InChI is InChI=1S/C13H19NO2/c1-10-3-2-4-11(9-10)7-8-14-12(15)5-6-13(14)16/h5-6,10-11H,2-4,7-9H2,1H3. The zero-order valence-electron chi connectivity index (χ0n) is 9.82. The first-order chi connectivity index (χ1) is 7.66. The third-order valence-electron chi connectivity index (χ3n) is 3.71. The van der Waals surface area contributed by atoms with Crippen LogP contribution < -0.4 is 0 Å². The van der Waals surface area contributed by atoms with Gasteiger partial charge in [-0.3, -0.25) is 14.5 Å². The Morgan fingerprint density at radius 3 is 2.56 bits per heavy atom. The van der Waals surface area contributed by atoms with Crippen molar-refractivity contribution in [2.75, 3.05) is 6.54 Å². The van der Waals surface area contributed by atoms with Crippen LogP contribution in [0.1, 0.15) is 39.0 Å². The number of rotatable bonds is 3. The summed E-state index contributed by atoms with van der Waals surface area (Å²) in [5.41, 5.74) is 0. The zero-order valence-corrected chi connectivity index (χ0v) is 9.82. The predicted octanol–water partition coefficient (Wildman–Crippen LogP) is 2.13. The van der Waals surface area contributed by atoms with Gasteiger partial charge in [0.2, 0.25) is 0 Å². The maximum Gasteiger partial charge on any atom is 0.253 e. The molecule has 0 aromatic carbocycles. The molecule has 0 aromatic heterocycles. The Kier molecular flexibility index (Phi) is 3.42. The van der Waals surface area contributed by atoms with Crippen LogP contribution in [-0.2, 0) is 9.59 Å². The first-order valence-corrected chi connectivity index (χ1v) is 6.20. The highest BCUT2D eigenvalue weighted by Crippen LogP contribution is 2.30. The van der Waals surface area contributed by atoms with Gasteiger partial charge in [0.1, 0.15) is 0 Å². The fraction of sp³-hybridized carbons (Fsp3) is 0.692. The number of nitrogens with zero attached hydrogens (tertiary/aromatic N) is 1. The van der Waals surface area contributed by atoms with Crippen molar-refractivity contribution in [1.82, 2.24) is 4.90 Å². The minimum atomic E-state index is -0.145. The van der Waals surface area contributed by atoms with Crippen molar-refractivity contribution in [2.24, 2.45) is 11.8 Å². The van der Waals surface area contributed by atoms with E-state index >= 15 is 0 Å². The van der Waals surface area contributed by atoms with E-state index in [4.69, 9.17) is 0 Å². The molecule has 16 heavy (non-hydrogen) atoms. The number of carbonyl (C=O) groups is 2. The third kappa shape index (κ3) is 2.52. The molecule has 2 unspecified atom stereocenters. The van der Waals surface area contributed by atoms with Crippen LogP contribution in [0.3, 0.4) is 0 Å². The van der Waals surface area contributed by atoms with Gasteiger partial charge in [-0.2, -0.15) is 0 Å². The van der Waals surface area contributed by atoms with E-state index in [1.807, 2.05) is 0 Å². The first-order valence-electron chi connectivity index (χ1n) is 6.20. The lowest BCUT2D eigenvalue weighted by Gasteiger charge is -2.27. The fourth-order valence-corrected chi connectivity index (χ4v) is 2.79. The highest BCUT2D eigenvalue weighted by atomic mass is 16.2. The average Bonchev–Trinajstić information content (AvgIpc) is 2.56. The lowest BCUT2D eigenvalue weighted by molar-refractivity contribution is -0.137. The number of imide groups is 1. The van der Waals surface area contributed by atoms with Crippen LogP contribution in [0.5, 0.6) is 0 Å². The van der Waals surface area contributed by atoms with Crippen LogP contribution in [0.25, 0.3) is 0 Å². The second-order valence-corrected chi connectivity index (χ2v) is 5.09. The molecule has 0 aromatic rings. The smallest absolute Gasteiger partial charge is 0.253 e. The lowest BCUT2D eigenvalue weighted by atomic mass is 9.81. The summed E-state index contributed by atoms with van der Waals surface area (Å²) in [6, 6.07) is 0. The van der Waals surface area contributed by atoms with E-state index in [0.717, 1.165) is 12.3 Å². The SMILES string of the molecule is CC1CCCC(CCN2C(=O)C=CC2=O)C1. The molecule has 0 radical (unpaired) electrons. The Balaban J connectivity index is 1.79. The molecule has 2 aliphatic rings. The normalized spacial score (nSPS) is 30.2. The number of amides is 2. The van der Waals surface area contributed by atoms with Crippen molar-refractivity contribution in [3.05, 3.63) is 12.2 Å². The Bertz CT molecular complexity index is 304. The maximum absolute atomic E-state index is 11.3. The molecule has 3 nitrogen and oxygen atoms in total. The van der Waals surface area contributed by atoms with Gasteiger partial charge in [0.15, 0.2) is 0 Å². The molecule has 2 atom stereocenters. The molecule has 1 fully saturated rings. The van der Waals surface area contributed by atoms with Gasteiger partial charge >= 0.3 is 0 Å². The van der Waals surface area contributed by atoms with Crippen molar-refractivity contribution < 1.29 is 9.59 Å². The van der Waals surface area contributed by atoms with Gasteiger partial charge in [-0.05, 0) is 24.7 Å². The molecule has 1 aliphatic carbocycles. The van der Waals surface area contributed by atoms with Crippen molar-refractivity contribution in [1.29, 1.82) is 0 Å². The molecule has 1 heterocycles. The molecule has 2 amide bonds. The molecule has 0 spiro atoms. The predicted molar refractivity (Wildman–Crippen MR) is 61.6 cm³/mol. The van der Waals surface area contributed by atoms with Crippen molar-refractivity contribution in [3.63, 3.8) is 0 Å². The summed E-state index contributed by atoms with van der Waals surface area (Å²) in [4.78, 5) is 24.0. The van der Waals surface area contributed by atoms with E-state index in [1.54, 1.807) is 0 Å². The van der Waals surface area contributed by atoms with Crippen LogP contribution >= 0.6 is 0 Å².